The molecule has 0 bridgehead atoms. The average Bonchev–Trinajstić information content (AvgIpc) is 2.81. The van der Waals surface area contributed by atoms with Crippen LogP contribution >= 0.6 is 22.9 Å². The Labute approximate surface area is 115 Å². The van der Waals surface area contributed by atoms with Gasteiger partial charge in [-0.3, -0.25) is 0 Å². The van der Waals surface area contributed by atoms with Crippen molar-refractivity contribution in [3.8, 4) is 0 Å². The molecule has 0 saturated heterocycles. The summed E-state index contributed by atoms with van der Waals surface area (Å²) in [6, 6.07) is 10.9. The molecule has 0 spiro atoms. The summed E-state index contributed by atoms with van der Waals surface area (Å²) >= 11 is 7.49. The zero-order chi connectivity index (χ0) is 13.0. The predicted molar refractivity (Wildman–Crippen MR) is 76.3 cm³/mol. The molecule has 0 unspecified atom stereocenters. The minimum atomic E-state index is -0.148. The number of halogens is 1. The first kappa shape index (κ1) is 12.9. The maximum absolute atomic E-state index is 11.9. The van der Waals surface area contributed by atoms with Gasteiger partial charge in [-0.2, -0.15) is 0 Å². The van der Waals surface area contributed by atoms with Crippen LogP contribution in [-0.2, 0) is 6.54 Å². The zero-order valence-corrected chi connectivity index (χ0v) is 11.5. The first-order valence-electron chi connectivity index (χ1n) is 5.45. The molecule has 5 heteroatoms. The van der Waals surface area contributed by atoms with Gasteiger partial charge in [0.2, 0.25) is 0 Å². The molecule has 0 saturated carbocycles. The van der Waals surface area contributed by atoms with Crippen LogP contribution in [0, 0.1) is 0 Å². The highest BCUT2D eigenvalue weighted by Crippen LogP contribution is 2.16. The third-order valence-corrected chi connectivity index (χ3v) is 3.49. The molecular formula is C13H13ClN2OS. The van der Waals surface area contributed by atoms with E-state index < -0.39 is 0 Å². The van der Waals surface area contributed by atoms with Crippen LogP contribution in [0.4, 0.5) is 10.5 Å². The first-order chi connectivity index (χ1) is 8.65. The molecule has 1 N–H and O–H groups in total. The number of hydrogen-bond donors (Lipinski definition) is 1. The minimum absolute atomic E-state index is 0.148. The maximum Gasteiger partial charge on any atom is 0.321 e. The first-order valence-corrected chi connectivity index (χ1v) is 6.71. The van der Waals surface area contributed by atoms with Crippen LogP contribution in [0.1, 0.15) is 4.88 Å². The fourth-order valence-electron chi connectivity index (χ4n) is 1.49. The highest BCUT2D eigenvalue weighted by Gasteiger charge is 2.09. The smallest absolute Gasteiger partial charge is 0.321 e. The zero-order valence-electron chi connectivity index (χ0n) is 9.89. The van der Waals surface area contributed by atoms with E-state index in [9.17, 15) is 4.79 Å². The molecule has 0 aliphatic rings. The standard InChI is InChI=1S/C13H13ClN2OS/c1-16(9-12-6-3-7-18-12)13(17)15-11-5-2-4-10(14)8-11/h2-8H,9H2,1H3,(H,15,17). The van der Waals surface area contributed by atoms with E-state index >= 15 is 0 Å². The molecule has 1 aromatic heterocycles. The lowest BCUT2D eigenvalue weighted by Gasteiger charge is -2.17. The minimum Gasteiger partial charge on any atom is -0.322 e. The summed E-state index contributed by atoms with van der Waals surface area (Å²) in [6.07, 6.45) is 0. The van der Waals surface area contributed by atoms with Gasteiger partial charge in [0, 0.05) is 22.6 Å². The Morgan fingerprint density at radius 1 is 1.39 bits per heavy atom. The number of hydrogen-bond acceptors (Lipinski definition) is 2. The van der Waals surface area contributed by atoms with Gasteiger partial charge in [0.05, 0.1) is 6.54 Å². The third kappa shape index (κ3) is 3.48. The second-order valence-corrected chi connectivity index (χ2v) is 5.34. The monoisotopic (exact) mass is 280 g/mol. The molecular weight excluding hydrogens is 268 g/mol. The summed E-state index contributed by atoms with van der Waals surface area (Å²) in [5, 5.41) is 5.41. The van der Waals surface area contributed by atoms with Crippen molar-refractivity contribution in [3.05, 3.63) is 51.7 Å². The van der Waals surface area contributed by atoms with Gasteiger partial charge in [0.25, 0.3) is 0 Å². The summed E-state index contributed by atoms with van der Waals surface area (Å²) in [5.74, 6) is 0. The molecule has 0 fully saturated rings. The lowest BCUT2D eigenvalue weighted by Crippen LogP contribution is -2.30. The van der Waals surface area contributed by atoms with Gasteiger partial charge in [-0.15, -0.1) is 11.3 Å². The molecule has 2 amide bonds. The highest BCUT2D eigenvalue weighted by atomic mass is 35.5. The Bertz CT molecular complexity index is 528. The van der Waals surface area contributed by atoms with E-state index in [1.165, 1.54) is 0 Å². The number of anilines is 1. The van der Waals surface area contributed by atoms with Gasteiger partial charge in [-0.1, -0.05) is 23.7 Å². The molecule has 0 aliphatic heterocycles. The Morgan fingerprint density at radius 3 is 2.89 bits per heavy atom. The van der Waals surface area contributed by atoms with Gasteiger partial charge < -0.3 is 10.2 Å². The molecule has 0 aliphatic carbocycles. The summed E-state index contributed by atoms with van der Waals surface area (Å²) < 4.78 is 0. The van der Waals surface area contributed by atoms with Crippen molar-refractivity contribution < 1.29 is 4.79 Å². The Balaban J connectivity index is 1.95. The van der Waals surface area contributed by atoms with Crippen molar-refractivity contribution >= 4 is 34.7 Å². The number of amides is 2. The summed E-state index contributed by atoms with van der Waals surface area (Å²) in [7, 11) is 1.76. The second kappa shape index (κ2) is 5.89. The SMILES string of the molecule is CN(Cc1cccs1)C(=O)Nc1cccc(Cl)c1. The fraction of sp³-hybridized carbons (Fsp3) is 0.154. The van der Waals surface area contributed by atoms with Gasteiger partial charge in [0.15, 0.2) is 0 Å². The van der Waals surface area contributed by atoms with Gasteiger partial charge in [-0.05, 0) is 29.6 Å². The van der Waals surface area contributed by atoms with Crippen LogP contribution in [0.3, 0.4) is 0 Å². The van der Waals surface area contributed by atoms with Crippen LogP contribution in [0.15, 0.2) is 41.8 Å². The van der Waals surface area contributed by atoms with Gasteiger partial charge in [-0.25, -0.2) is 4.79 Å². The van der Waals surface area contributed by atoms with E-state index in [4.69, 9.17) is 11.6 Å². The molecule has 94 valence electrons. The number of carbonyl (C=O) groups is 1. The number of thiophene rings is 1. The number of nitrogens with zero attached hydrogens (tertiary/aromatic N) is 1. The topological polar surface area (TPSA) is 32.3 Å². The van der Waals surface area contributed by atoms with E-state index in [2.05, 4.69) is 5.32 Å². The van der Waals surface area contributed by atoms with Crippen molar-refractivity contribution in [2.24, 2.45) is 0 Å². The Kier molecular flexibility index (Phi) is 4.23. The third-order valence-electron chi connectivity index (χ3n) is 2.40. The molecule has 18 heavy (non-hydrogen) atoms. The van der Waals surface area contributed by atoms with Crippen molar-refractivity contribution in [1.82, 2.24) is 4.90 Å². The van der Waals surface area contributed by atoms with Crippen molar-refractivity contribution in [3.63, 3.8) is 0 Å². The molecule has 3 nitrogen and oxygen atoms in total. The molecule has 2 aromatic rings. The average molecular weight is 281 g/mol. The highest BCUT2D eigenvalue weighted by molar-refractivity contribution is 7.09. The largest absolute Gasteiger partial charge is 0.322 e. The molecule has 2 rings (SSSR count). The lowest BCUT2D eigenvalue weighted by molar-refractivity contribution is 0.221. The normalized spacial score (nSPS) is 10.1. The van der Waals surface area contributed by atoms with E-state index in [1.54, 1.807) is 41.5 Å². The van der Waals surface area contributed by atoms with E-state index in [-0.39, 0.29) is 6.03 Å². The number of carbonyl (C=O) groups excluding carboxylic acids is 1. The Morgan fingerprint density at radius 2 is 2.22 bits per heavy atom. The van der Waals surface area contributed by atoms with Crippen LogP contribution in [-0.4, -0.2) is 18.0 Å². The van der Waals surface area contributed by atoms with E-state index in [0.29, 0.717) is 17.3 Å². The van der Waals surface area contributed by atoms with Crippen molar-refractivity contribution in [1.29, 1.82) is 0 Å². The molecule has 1 aromatic carbocycles. The van der Waals surface area contributed by atoms with Crippen LogP contribution in [0.2, 0.25) is 5.02 Å². The number of rotatable bonds is 3. The van der Waals surface area contributed by atoms with E-state index in [0.717, 1.165) is 4.88 Å². The second-order valence-electron chi connectivity index (χ2n) is 3.88. The Hall–Kier alpha value is -1.52. The lowest BCUT2D eigenvalue weighted by atomic mass is 10.3. The molecule has 1 heterocycles. The van der Waals surface area contributed by atoms with Crippen LogP contribution < -0.4 is 5.32 Å². The summed E-state index contributed by atoms with van der Waals surface area (Å²) in [6.45, 7) is 0.601. The van der Waals surface area contributed by atoms with E-state index in [1.807, 2.05) is 23.6 Å². The quantitative estimate of drug-likeness (QED) is 0.903. The van der Waals surface area contributed by atoms with Crippen molar-refractivity contribution in [2.75, 3.05) is 12.4 Å². The molecule has 0 radical (unpaired) electrons. The number of nitrogens with one attached hydrogen (secondary N) is 1. The number of urea groups is 1. The van der Waals surface area contributed by atoms with Crippen molar-refractivity contribution in [2.45, 2.75) is 6.54 Å². The van der Waals surface area contributed by atoms with Crippen LogP contribution in [0.25, 0.3) is 0 Å². The predicted octanol–water partition coefficient (Wildman–Crippen LogP) is 4.07. The molecule has 0 atom stereocenters. The summed E-state index contributed by atoms with van der Waals surface area (Å²) in [4.78, 5) is 14.7. The summed E-state index contributed by atoms with van der Waals surface area (Å²) in [5.41, 5.74) is 0.700. The number of benzene rings is 1. The van der Waals surface area contributed by atoms with Gasteiger partial charge in [0.1, 0.15) is 0 Å². The van der Waals surface area contributed by atoms with Crippen LogP contribution in [0.5, 0.6) is 0 Å². The van der Waals surface area contributed by atoms with Gasteiger partial charge >= 0.3 is 6.03 Å². The maximum atomic E-state index is 11.9. The fourth-order valence-corrected chi connectivity index (χ4v) is 2.44.